The van der Waals surface area contributed by atoms with E-state index in [1.165, 1.54) is 26.2 Å². The number of carbonyl (C=O) groups is 1. The maximum atomic E-state index is 12.4. The Labute approximate surface area is 150 Å². The largest absolute Gasteiger partial charge is 0.496 e. The lowest BCUT2D eigenvalue weighted by Gasteiger charge is -2.15. The van der Waals surface area contributed by atoms with E-state index in [0.29, 0.717) is 30.9 Å². The molecule has 1 atom stereocenters. The van der Waals surface area contributed by atoms with E-state index in [9.17, 15) is 13.2 Å². The number of rotatable bonds is 10. The Morgan fingerprint density at radius 1 is 1.24 bits per heavy atom. The van der Waals surface area contributed by atoms with E-state index in [1.54, 1.807) is 13.0 Å². The molecule has 0 aliphatic rings. The molecule has 0 saturated heterocycles. The predicted octanol–water partition coefficient (Wildman–Crippen LogP) is 1.60. The van der Waals surface area contributed by atoms with E-state index in [4.69, 9.17) is 9.47 Å². The average molecular weight is 372 g/mol. The van der Waals surface area contributed by atoms with Gasteiger partial charge in [0.25, 0.3) is 0 Å². The van der Waals surface area contributed by atoms with E-state index in [0.717, 1.165) is 0 Å². The zero-order valence-corrected chi connectivity index (χ0v) is 16.3. The van der Waals surface area contributed by atoms with Crippen molar-refractivity contribution >= 4 is 15.9 Å². The van der Waals surface area contributed by atoms with Crippen LogP contribution in [0.25, 0.3) is 0 Å². The van der Waals surface area contributed by atoms with Gasteiger partial charge in [-0.25, -0.2) is 8.42 Å². The molecule has 8 heteroatoms. The number of aryl methyl sites for hydroxylation is 1. The van der Waals surface area contributed by atoms with Gasteiger partial charge in [-0.1, -0.05) is 0 Å². The molecule has 2 N–H and O–H groups in total. The summed E-state index contributed by atoms with van der Waals surface area (Å²) in [7, 11) is -2.27. The smallest absolute Gasteiger partial charge is 0.241 e. The molecule has 0 unspecified atom stereocenters. The molecule has 0 aromatic heterocycles. The Morgan fingerprint density at radius 3 is 2.48 bits per heavy atom. The van der Waals surface area contributed by atoms with Crippen molar-refractivity contribution in [2.45, 2.75) is 51.2 Å². The second-order valence-electron chi connectivity index (χ2n) is 6.04. The highest BCUT2D eigenvalue weighted by Crippen LogP contribution is 2.21. The third-order valence-corrected chi connectivity index (χ3v) is 5.01. The van der Waals surface area contributed by atoms with Crippen LogP contribution in [-0.2, 0) is 19.6 Å². The third kappa shape index (κ3) is 7.01. The van der Waals surface area contributed by atoms with Crippen LogP contribution in [0.15, 0.2) is 23.1 Å². The first kappa shape index (κ1) is 21.4. The van der Waals surface area contributed by atoms with E-state index >= 15 is 0 Å². The highest BCUT2D eigenvalue weighted by Gasteiger charge is 2.22. The molecule has 7 nitrogen and oxygen atoms in total. The maximum Gasteiger partial charge on any atom is 0.241 e. The summed E-state index contributed by atoms with van der Waals surface area (Å²) in [6, 6.07) is 3.67. The van der Waals surface area contributed by atoms with E-state index < -0.39 is 16.1 Å². The summed E-state index contributed by atoms with van der Waals surface area (Å²) in [4.78, 5) is 12.1. The van der Waals surface area contributed by atoms with Gasteiger partial charge in [0.05, 0.1) is 24.2 Å². The van der Waals surface area contributed by atoms with Gasteiger partial charge >= 0.3 is 0 Å². The van der Waals surface area contributed by atoms with Crippen LogP contribution in [0.3, 0.4) is 0 Å². The molecule has 142 valence electrons. The second kappa shape index (κ2) is 9.74. The molecule has 1 amide bonds. The van der Waals surface area contributed by atoms with Crippen molar-refractivity contribution in [3.05, 3.63) is 23.8 Å². The van der Waals surface area contributed by atoms with Crippen LogP contribution < -0.4 is 14.8 Å². The van der Waals surface area contributed by atoms with Gasteiger partial charge in [-0.05, 0) is 57.9 Å². The maximum absolute atomic E-state index is 12.4. The van der Waals surface area contributed by atoms with Crippen molar-refractivity contribution in [2.24, 2.45) is 0 Å². The van der Waals surface area contributed by atoms with Crippen molar-refractivity contribution < 1.29 is 22.7 Å². The van der Waals surface area contributed by atoms with Crippen molar-refractivity contribution in [3.8, 4) is 5.75 Å². The summed E-state index contributed by atoms with van der Waals surface area (Å²) in [5, 5.41) is 2.69. The van der Waals surface area contributed by atoms with Gasteiger partial charge in [0, 0.05) is 13.2 Å². The molecule has 25 heavy (non-hydrogen) atoms. The minimum Gasteiger partial charge on any atom is -0.496 e. The fourth-order valence-corrected chi connectivity index (χ4v) is 3.42. The molecule has 0 saturated carbocycles. The number of amides is 1. The molecule has 0 aliphatic carbocycles. The fourth-order valence-electron chi connectivity index (χ4n) is 2.13. The van der Waals surface area contributed by atoms with Gasteiger partial charge in [-0.3, -0.25) is 4.79 Å². The topological polar surface area (TPSA) is 93.7 Å². The van der Waals surface area contributed by atoms with Crippen LogP contribution in [0.5, 0.6) is 5.75 Å². The van der Waals surface area contributed by atoms with Crippen LogP contribution in [0.2, 0.25) is 0 Å². The summed E-state index contributed by atoms with van der Waals surface area (Å²) >= 11 is 0. The second-order valence-corrected chi connectivity index (χ2v) is 7.75. The summed E-state index contributed by atoms with van der Waals surface area (Å²) in [5.41, 5.74) is 0.702. The van der Waals surface area contributed by atoms with Gasteiger partial charge in [-0.15, -0.1) is 0 Å². The van der Waals surface area contributed by atoms with Gasteiger partial charge in [0.2, 0.25) is 15.9 Å². The summed E-state index contributed by atoms with van der Waals surface area (Å²) in [5.74, 6) is 0.228. The standard InChI is InChI=1S/C17H28N2O5S/c1-12(2)24-10-6-9-18-17(20)14(4)19-25(21,22)15-7-8-16(23-5)13(3)11-15/h7-8,11-12,14,19H,6,9-10H2,1-5H3,(H,18,20)/t14-/m0/s1. The van der Waals surface area contributed by atoms with E-state index in [2.05, 4.69) is 10.0 Å². The summed E-state index contributed by atoms with van der Waals surface area (Å²) in [6.07, 6.45) is 0.815. The fraction of sp³-hybridized carbons (Fsp3) is 0.588. The molecule has 0 heterocycles. The Bertz CT molecular complexity index is 674. The third-order valence-electron chi connectivity index (χ3n) is 3.47. The number of carbonyl (C=O) groups excluding carboxylic acids is 1. The zero-order chi connectivity index (χ0) is 19.0. The number of sulfonamides is 1. The number of nitrogens with one attached hydrogen (secondary N) is 2. The first-order valence-corrected chi connectivity index (χ1v) is 9.72. The molecular weight excluding hydrogens is 344 g/mol. The lowest BCUT2D eigenvalue weighted by atomic mass is 10.2. The van der Waals surface area contributed by atoms with Gasteiger partial charge in [0.1, 0.15) is 5.75 Å². The van der Waals surface area contributed by atoms with E-state index in [1.807, 2.05) is 13.8 Å². The predicted molar refractivity (Wildman–Crippen MR) is 96.2 cm³/mol. The average Bonchev–Trinajstić information content (AvgIpc) is 2.53. The van der Waals surface area contributed by atoms with Crippen LogP contribution in [-0.4, -0.2) is 46.7 Å². The number of ether oxygens (including phenoxy) is 2. The molecule has 0 fully saturated rings. The molecule has 1 rings (SSSR count). The van der Waals surface area contributed by atoms with Crippen molar-refractivity contribution in [2.75, 3.05) is 20.3 Å². The van der Waals surface area contributed by atoms with Gasteiger partial charge < -0.3 is 14.8 Å². The molecule has 0 radical (unpaired) electrons. The number of methoxy groups -OCH3 is 1. The molecule has 0 aliphatic heterocycles. The van der Waals surface area contributed by atoms with Crippen LogP contribution in [0, 0.1) is 6.92 Å². The van der Waals surface area contributed by atoms with Gasteiger partial charge in [-0.2, -0.15) is 4.72 Å². The highest BCUT2D eigenvalue weighted by atomic mass is 32.2. The normalized spacial score (nSPS) is 12.9. The summed E-state index contributed by atoms with van der Waals surface area (Å²) < 4.78 is 37.7. The Balaban J connectivity index is 2.58. The monoisotopic (exact) mass is 372 g/mol. The number of hydrogen-bond acceptors (Lipinski definition) is 5. The Kier molecular flexibility index (Phi) is 8.34. The molecular formula is C17H28N2O5S. The van der Waals surface area contributed by atoms with Crippen LogP contribution in [0.4, 0.5) is 0 Å². The number of benzene rings is 1. The molecule has 1 aromatic rings. The SMILES string of the molecule is COc1ccc(S(=O)(=O)N[C@@H](C)C(=O)NCCCOC(C)C)cc1C. The minimum absolute atomic E-state index is 0.0933. The van der Waals surface area contributed by atoms with E-state index in [-0.39, 0.29) is 16.9 Å². The van der Waals surface area contributed by atoms with Gasteiger partial charge in [0.15, 0.2) is 0 Å². The van der Waals surface area contributed by atoms with Crippen molar-refractivity contribution in [3.63, 3.8) is 0 Å². The molecule has 0 spiro atoms. The molecule has 0 bridgehead atoms. The summed E-state index contributed by atoms with van der Waals surface area (Å²) in [6.45, 7) is 8.12. The molecule has 1 aromatic carbocycles. The Hall–Kier alpha value is -1.64. The zero-order valence-electron chi connectivity index (χ0n) is 15.5. The van der Waals surface area contributed by atoms with Crippen LogP contribution >= 0.6 is 0 Å². The quantitative estimate of drug-likeness (QED) is 0.609. The number of hydrogen-bond donors (Lipinski definition) is 2. The lowest BCUT2D eigenvalue weighted by Crippen LogP contribution is -2.45. The first-order chi connectivity index (χ1) is 11.7. The Morgan fingerprint density at radius 2 is 1.92 bits per heavy atom. The highest BCUT2D eigenvalue weighted by molar-refractivity contribution is 7.89. The van der Waals surface area contributed by atoms with Crippen molar-refractivity contribution in [1.29, 1.82) is 0 Å². The first-order valence-electron chi connectivity index (χ1n) is 8.23. The minimum atomic E-state index is -3.79. The lowest BCUT2D eigenvalue weighted by molar-refractivity contribution is -0.122. The van der Waals surface area contributed by atoms with Crippen LogP contribution in [0.1, 0.15) is 32.8 Å². The van der Waals surface area contributed by atoms with Crippen molar-refractivity contribution in [1.82, 2.24) is 10.0 Å².